The highest BCUT2D eigenvalue weighted by Gasteiger charge is 2.25. The molecule has 0 aliphatic heterocycles. The molecule has 0 aromatic carbocycles. The highest BCUT2D eigenvalue weighted by atomic mass is 35.5. The summed E-state index contributed by atoms with van der Waals surface area (Å²) in [6.07, 6.45) is 1.37. The number of hydrogen-bond acceptors (Lipinski definition) is 5. The van der Waals surface area contributed by atoms with E-state index < -0.39 is 5.97 Å². The van der Waals surface area contributed by atoms with Crippen LogP contribution in [0.1, 0.15) is 16.1 Å². The molecule has 0 aliphatic carbocycles. The van der Waals surface area contributed by atoms with E-state index in [1.54, 1.807) is 6.92 Å². The Morgan fingerprint density at radius 3 is 2.87 bits per heavy atom. The molecule has 0 spiro atoms. The standard InChI is InChI=1S/C8H5ClN2O4/c1-3-2-14-7(10-3)5-4(8(12)13)6(9)11-15-5/h2H,1H3,(H,12,13). The fraction of sp³-hybridized carbons (Fsp3) is 0.125. The lowest BCUT2D eigenvalue weighted by Gasteiger charge is -1.90. The Kier molecular flexibility index (Phi) is 2.20. The van der Waals surface area contributed by atoms with Gasteiger partial charge in [-0.05, 0) is 6.92 Å². The fourth-order valence-corrected chi connectivity index (χ4v) is 1.26. The summed E-state index contributed by atoms with van der Waals surface area (Å²) in [6.45, 7) is 1.70. The van der Waals surface area contributed by atoms with Gasteiger partial charge in [0.15, 0.2) is 10.7 Å². The third-order valence-corrected chi connectivity index (χ3v) is 1.94. The van der Waals surface area contributed by atoms with Gasteiger partial charge in [0, 0.05) is 0 Å². The lowest BCUT2D eigenvalue weighted by atomic mass is 10.2. The summed E-state index contributed by atoms with van der Waals surface area (Å²) in [7, 11) is 0. The zero-order valence-electron chi connectivity index (χ0n) is 7.52. The monoisotopic (exact) mass is 228 g/mol. The van der Waals surface area contributed by atoms with E-state index in [1.807, 2.05) is 0 Å². The molecular weight excluding hydrogens is 224 g/mol. The third kappa shape index (κ3) is 1.59. The maximum Gasteiger partial charge on any atom is 0.343 e. The molecule has 0 amide bonds. The van der Waals surface area contributed by atoms with Gasteiger partial charge in [-0.25, -0.2) is 9.78 Å². The molecule has 0 unspecified atom stereocenters. The minimum Gasteiger partial charge on any atom is -0.477 e. The number of carboxylic acid groups (broad SMARTS) is 1. The highest BCUT2D eigenvalue weighted by Crippen LogP contribution is 2.28. The zero-order valence-corrected chi connectivity index (χ0v) is 8.28. The van der Waals surface area contributed by atoms with Gasteiger partial charge in [-0.1, -0.05) is 16.8 Å². The van der Waals surface area contributed by atoms with Gasteiger partial charge in [-0.2, -0.15) is 0 Å². The first-order valence-corrected chi connectivity index (χ1v) is 4.28. The van der Waals surface area contributed by atoms with Crippen LogP contribution in [-0.2, 0) is 0 Å². The van der Waals surface area contributed by atoms with Crippen LogP contribution >= 0.6 is 11.6 Å². The Balaban J connectivity index is 2.58. The van der Waals surface area contributed by atoms with Crippen LogP contribution in [0, 0.1) is 6.92 Å². The number of aromatic nitrogens is 2. The number of carbonyl (C=O) groups is 1. The molecule has 2 rings (SSSR count). The summed E-state index contributed by atoms with van der Waals surface area (Å²) < 4.78 is 9.72. The molecule has 2 heterocycles. The van der Waals surface area contributed by atoms with Gasteiger partial charge in [-0.3, -0.25) is 0 Å². The molecule has 0 saturated heterocycles. The topological polar surface area (TPSA) is 89.4 Å². The first-order valence-electron chi connectivity index (χ1n) is 3.90. The largest absolute Gasteiger partial charge is 0.477 e. The number of aryl methyl sites for hydroxylation is 1. The van der Waals surface area contributed by atoms with Crippen molar-refractivity contribution in [1.29, 1.82) is 0 Å². The van der Waals surface area contributed by atoms with Crippen molar-refractivity contribution in [2.75, 3.05) is 0 Å². The summed E-state index contributed by atoms with van der Waals surface area (Å²) in [5.41, 5.74) is 0.354. The number of carboxylic acids is 1. The van der Waals surface area contributed by atoms with Gasteiger partial charge in [-0.15, -0.1) is 0 Å². The van der Waals surface area contributed by atoms with Crippen LogP contribution in [0.2, 0.25) is 5.15 Å². The molecule has 7 heteroatoms. The van der Waals surface area contributed by atoms with Gasteiger partial charge in [0.1, 0.15) is 6.26 Å². The smallest absolute Gasteiger partial charge is 0.343 e. The van der Waals surface area contributed by atoms with Crippen LogP contribution in [0.3, 0.4) is 0 Å². The second kappa shape index (κ2) is 3.39. The van der Waals surface area contributed by atoms with Crippen LogP contribution < -0.4 is 0 Å². The molecule has 78 valence electrons. The van der Waals surface area contributed by atoms with Crippen molar-refractivity contribution >= 4 is 17.6 Å². The van der Waals surface area contributed by atoms with Crippen molar-refractivity contribution in [1.82, 2.24) is 10.1 Å². The Morgan fingerprint density at radius 2 is 2.33 bits per heavy atom. The van der Waals surface area contributed by atoms with Gasteiger partial charge >= 0.3 is 5.97 Å². The first-order chi connectivity index (χ1) is 7.09. The summed E-state index contributed by atoms with van der Waals surface area (Å²) in [5, 5.41) is 12.0. The van der Waals surface area contributed by atoms with E-state index in [-0.39, 0.29) is 22.4 Å². The summed E-state index contributed by atoms with van der Waals surface area (Å²) in [6, 6.07) is 0. The normalized spacial score (nSPS) is 10.5. The molecule has 0 fully saturated rings. The molecule has 2 aromatic heterocycles. The van der Waals surface area contributed by atoms with Crippen LogP contribution in [0.5, 0.6) is 0 Å². The average Bonchev–Trinajstić information content (AvgIpc) is 2.71. The molecule has 2 aromatic rings. The lowest BCUT2D eigenvalue weighted by molar-refractivity contribution is 0.0697. The Morgan fingerprint density at radius 1 is 1.60 bits per heavy atom. The number of oxazole rings is 1. The number of hydrogen-bond donors (Lipinski definition) is 1. The molecule has 0 aliphatic rings. The van der Waals surface area contributed by atoms with Crippen LogP contribution in [0.15, 0.2) is 15.2 Å². The molecule has 0 atom stereocenters. The van der Waals surface area contributed by atoms with Crippen molar-refractivity contribution in [2.45, 2.75) is 6.92 Å². The SMILES string of the molecule is Cc1coc(-c2onc(Cl)c2C(=O)O)n1. The molecule has 0 radical (unpaired) electrons. The summed E-state index contributed by atoms with van der Waals surface area (Å²) in [4.78, 5) is 14.7. The average molecular weight is 229 g/mol. The van der Waals surface area contributed by atoms with Gasteiger partial charge in [0.25, 0.3) is 5.89 Å². The number of nitrogens with zero attached hydrogens (tertiary/aromatic N) is 2. The summed E-state index contributed by atoms with van der Waals surface area (Å²) in [5.74, 6) is -1.28. The van der Waals surface area contributed by atoms with Crippen molar-refractivity contribution < 1.29 is 18.8 Å². The van der Waals surface area contributed by atoms with Crippen molar-refractivity contribution in [3.05, 3.63) is 22.7 Å². The number of halogens is 1. The van der Waals surface area contributed by atoms with Gasteiger partial charge < -0.3 is 14.0 Å². The maximum absolute atomic E-state index is 10.8. The Hall–Kier alpha value is -1.82. The van der Waals surface area contributed by atoms with Gasteiger partial charge in [0.2, 0.25) is 5.76 Å². The number of aromatic carboxylic acids is 1. The van der Waals surface area contributed by atoms with E-state index in [9.17, 15) is 4.79 Å². The molecular formula is C8H5ClN2O4. The predicted molar refractivity (Wildman–Crippen MR) is 48.7 cm³/mol. The maximum atomic E-state index is 10.8. The van der Waals surface area contributed by atoms with Crippen LogP contribution in [0.4, 0.5) is 0 Å². The Bertz CT molecular complexity index is 516. The van der Waals surface area contributed by atoms with E-state index >= 15 is 0 Å². The van der Waals surface area contributed by atoms with Crippen molar-refractivity contribution in [3.8, 4) is 11.7 Å². The predicted octanol–water partition coefficient (Wildman–Crippen LogP) is 1.99. The quantitative estimate of drug-likeness (QED) is 0.845. The third-order valence-electron chi connectivity index (χ3n) is 1.68. The van der Waals surface area contributed by atoms with Crippen LogP contribution in [-0.4, -0.2) is 21.2 Å². The van der Waals surface area contributed by atoms with E-state index in [1.165, 1.54) is 6.26 Å². The van der Waals surface area contributed by atoms with Crippen molar-refractivity contribution in [2.24, 2.45) is 0 Å². The van der Waals surface area contributed by atoms with E-state index in [0.717, 1.165) is 0 Å². The zero-order chi connectivity index (χ0) is 11.0. The van der Waals surface area contributed by atoms with Crippen molar-refractivity contribution in [3.63, 3.8) is 0 Å². The second-order valence-corrected chi connectivity index (χ2v) is 3.13. The molecule has 6 nitrogen and oxygen atoms in total. The summed E-state index contributed by atoms with van der Waals surface area (Å²) >= 11 is 5.54. The second-order valence-electron chi connectivity index (χ2n) is 2.78. The van der Waals surface area contributed by atoms with Gasteiger partial charge in [0.05, 0.1) is 5.69 Å². The van der Waals surface area contributed by atoms with E-state index in [0.29, 0.717) is 5.69 Å². The number of rotatable bonds is 2. The Labute approximate surface area is 88.5 Å². The van der Waals surface area contributed by atoms with E-state index in [2.05, 4.69) is 10.1 Å². The fourth-order valence-electron chi connectivity index (χ4n) is 1.06. The first kappa shape index (κ1) is 9.72. The lowest BCUT2D eigenvalue weighted by Crippen LogP contribution is -1.97. The van der Waals surface area contributed by atoms with Crippen LogP contribution in [0.25, 0.3) is 11.7 Å². The molecule has 0 bridgehead atoms. The molecule has 1 N–H and O–H groups in total. The van der Waals surface area contributed by atoms with E-state index in [4.69, 9.17) is 25.6 Å². The minimum absolute atomic E-state index is 0.0456. The molecule has 15 heavy (non-hydrogen) atoms. The molecule has 0 saturated carbocycles. The minimum atomic E-state index is -1.24. The highest BCUT2D eigenvalue weighted by molar-refractivity contribution is 6.32.